The summed E-state index contributed by atoms with van der Waals surface area (Å²) in [4.78, 5) is 29.8. The molecule has 8 heteroatoms. The molecule has 6 nitrogen and oxygen atoms in total. The molecule has 1 amide bonds. The normalized spacial score (nSPS) is 18.0. The van der Waals surface area contributed by atoms with E-state index < -0.39 is 0 Å². The van der Waals surface area contributed by atoms with Crippen LogP contribution < -0.4 is 10.9 Å². The third kappa shape index (κ3) is 5.03. The van der Waals surface area contributed by atoms with Crippen molar-refractivity contribution in [1.29, 1.82) is 0 Å². The summed E-state index contributed by atoms with van der Waals surface area (Å²) in [6, 6.07) is 5.19. The number of thioether (sulfide) groups is 1. The largest absolute Gasteiger partial charge is 0.376 e. The SMILES string of the molecule is CC[C@H](C)NC(=O)CSc1nc2cc(Cl)ccc2c(=O)n1C[C@H]1CCCO1. The third-order valence-electron chi connectivity index (χ3n) is 4.64. The van der Waals surface area contributed by atoms with Gasteiger partial charge in [0, 0.05) is 17.7 Å². The highest BCUT2D eigenvalue weighted by Crippen LogP contribution is 2.22. The average molecular weight is 410 g/mol. The Morgan fingerprint density at radius 1 is 1.52 bits per heavy atom. The molecular formula is C19H24ClN3O3S. The van der Waals surface area contributed by atoms with Crippen molar-refractivity contribution in [3.05, 3.63) is 33.6 Å². The first kappa shape index (κ1) is 20.2. The molecule has 3 rings (SSSR count). The highest BCUT2D eigenvalue weighted by molar-refractivity contribution is 7.99. The molecule has 2 atom stereocenters. The van der Waals surface area contributed by atoms with Gasteiger partial charge in [0.25, 0.3) is 5.56 Å². The van der Waals surface area contributed by atoms with Crippen LogP contribution in [0.15, 0.2) is 28.2 Å². The van der Waals surface area contributed by atoms with E-state index in [1.807, 2.05) is 13.8 Å². The molecule has 146 valence electrons. The molecule has 0 spiro atoms. The van der Waals surface area contributed by atoms with Crippen LogP contribution in [-0.4, -0.2) is 40.0 Å². The minimum Gasteiger partial charge on any atom is -0.376 e. The van der Waals surface area contributed by atoms with Crippen LogP contribution in [0.5, 0.6) is 0 Å². The molecule has 1 aromatic carbocycles. The first-order chi connectivity index (χ1) is 13.0. The summed E-state index contributed by atoms with van der Waals surface area (Å²) in [5.74, 6) is 0.132. The number of benzene rings is 1. The fourth-order valence-electron chi connectivity index (χ4n) is 2.99. The van der Waals surface area contributed by atoms with Gasteiger partial charge in [-0.15, -0.1) is 0 Å². The number of amides is 1. The fraction of sp³-hybridized carbons (Fsp3) is 0.526. The highest BCUT2D eigenvalue weighted by atomic mass is 35.5. The van der Waals surface area contributed by atoms with Crippen molar-refractivity contribution < 1.29 is 9.53 Å². The van der Waals surface area contributed by atoms with Crippen LogP contribution in [0.3, 0.4) is 0 Å². The summed E-state index contributed by atoms with van der Waals surface area (Å²) in [5.41, 5.74) is 0.415. The third-order valence-corrected chi connectivity index (χ3v) is 5.86. The number of hydrogen-bond acceptors (Lipinski definition) is 5. The fourth-order valence-corrected chi connectivity index (χ4v) is 3.97. The van der Waals surface area contributed by atoms with Gasteiger partial charge in [-0.3, -0.25) is 14.2 Å². The minimum absolute atomic E-state index is 0.00235. The molecule has 1 aliphatic rings. The average Bonchev–Trinajstić information content (AvgIpc) is 3.15. The Morgan fingerprint density at radius 2 is 2.33 bits per heavy atom. The maximum Gasteiger partial charge on any atom is 0.262 e. The second-order valence-corrected chi connectivity index (χ2v) is 8.15. The molecule has 1 fully saturated rings. The molecule has 2 aromatic rings. The number of halogens is 1. The lowest BCUT2D eigenvalue weighted by Gasteiger charge is -2.17. The summed E-state index contributed by atoms with van der Waals surface area (Å²) in [6.07, 6.45) is 2.79. The van der Waals surface area contributed by atoms with Gasteiger partial charge in [0.15, 0.2) is 5.16 Å². The van der Waals surface area contributed by atoms with Crippen LogP contribution in [-0.2, 0) is 16.1 Å². The zero-order valence-electron chi connectivity index (χ0n) is 15.5. The molecule has 1 aliphatic heterocycles. The maximum absolute atomic E-state index is 13.0. The van der Waals surface area contributed by atoms with E-state index in [1.54, 1.807) is 22.8 Å². The van der Waals surface area contributed by atoms with E-state index in [1.165, 1.54) is 11.8 Å². The number of nitrogens with one attached hydrogen (secondary N) is 1. The van der Waals surface area contributed by atoms with Crippen LogP contribution >= 0.6 is 23.4 Å². The van der Waals surface area contributed by atoms with E-state index in [-0.39, 0.29) is 29.4 Å². The summed E-state index contributed by atoms with van der Waals surface area (Å²) >= 11 is 7.33. The number of carbonyl (C=O) groups excluding carboxylic acids is 1. The minimum atomic E-state index is -0.128. The number of hydrogen-bond donors (Lipinski definition) is 1. The number of nitrogens with zero attached hydrogens (tertiary/aromatic N) is 2. The lowest BCUT2D eigenvalue weighted by Crippen LogP contribution is -2.34. The lowest BCUT2D eigenvalue weighted by atomic mass is 10.2. The van der Waals surface area contributed by atoms with Crippen molar-refractivity contribution in [1.82, 2.24) is 14.9 Å². The zero-order chi connectivity index (χ0) is 19.4. The maximum atomic E-state index is 13.0. The molecular weight excluding hydrogens is 386 g/mol. The van der Waals surface area contributed by atoms with E-state index in [9.17, 15) is 9.59 Å². The molecule has 0 saturated carbocycles. The number of carbonyl (C=O) groups is 1. The van der Waals surface area contributed by atoms with Crippen molar-refractivity contribution in [2.45, 2.75) is 57.0 Å². The molecule has 0 unspecified atom stereocenters. The highest BCUT2D eigenvalue weighted by Gasteiger charge is 2.21. The van der Waals surface area contributed by atoms with Gasteiger partial charge in [0.1, 0.15) is 0 Å². The van der Waals surface area contributed by atoms with Gasteiger partial charge in [-0.25, -0.2) is 4.98 Å². The molecule has 1 N–H and O–H groups in total. The van der Waals surface area contributed by atoms with E-state index >= 15 is 0 Å². The van der Waals surface area contributed by atoms with Crippen LogP contribution in [0.25, 0.3) is 10.9 Å². The summed E-state index contributed by atoms with van der Waals surface area (Å²) < 4.78 is 7.33. The predicted molar refractivity (Wildman–Crippen MR) is 109 cm³/mol. The van der Waals surface area contributed by atoms with Crippen LogP contribution in [0.2, 0.25) is 5.02 Å². The Morgan fingerprint density at radius 3 is 3.04 bits per heavy atom. The standard InChI is InChI=1S/C19H24ClN3O3S/c1-3-12(2)21-17(24)11-27-19-22-16-9-13(20)6-7-15(16)18(25)23(19)10-14-5-4-8-26-14/h6-7,9,12,14H,3-5,8,10-11H2,1-2H3,(H,21,24)/t12-,14+/m0/s1. The van der Waals surface area contributed by atoms with Crippen LogP contribution in [0.1, 0.15) is 33.1 Å². The van der Waals surface area contributed by atoms with Gasteiger partial charge in [0.05, 0.1) is 29.3 Å². The van der Waals surface area contributed by atoms with E-state index in [0.29, 0.717) is 27.6 Å². The van der Waals surface area contributed by atoms with Crippen molar-refractivity contribution in [3.8, 4) is 0 Å². The van der Waals surface area contributed by atoms with Crippen LogP contribution in [0.4, 0.5) is 0 Å². The zero-order valence-corrected chi connectivity index (χ0v) is 17.1. The predicted octanol–water partition coefficient (Wildman–Crippen LogP) is 3.24. The number of rotatable bonds is 7. The monoisotopic (exact) mass is 409 g/mol. The van der Waals surface area contributed by atoms with Crippen molar-refractivity contribution in [2.24, 2.45) is 0 Å². The summed E-state index contributed by atoms with van der Waals surface area (Å²) in [7, 11) is 0. The van der Waals surface area contributed by atoms with Gasteiger partial charge < -0.3 is 10.1 Å². The van der Waals surface area contributed by atoms with Crippen LogP contribution in [0, 0.1) is 0 Å². The lowest BCUT2D eigenvalue weighted by molar-refractivity contribution is -0.119. The van der Waals surface area contributed by atoms with Crippen molar-refractivity contribution in [2.75, 3.05) is 12.4 Å². The summed E-state index contributed by atoms with van der Waals surface area (Å²) in [6.45, 7) is 5.15. The van der Waals surface area contributed by atoms with Gasteiger partial charge in [-0.05, 0) is 44.4 Å². The van der Waals surface area contributed by atoms with E-state index in [4.69, 9.17) is 16.3 Å². The number of fused-ring (bicyclic) bond motifs is 1. The second kappa shape index (κ2) is 9.08. The molecule has 2 heterocycles. The molecule has 1 aromatic heterocycles. The Balaban J connectivity index is 1.90. The van der Waals surface area contributed by atoms with Crippen molar-refractivity contribution in [3.63, 3.8) is 0 Å². The smallest absolute Gasteiger partial charge is 0.262 e. The first-order valence-electron chi connectivity index (χ1n) is 9.21. The summed E-state index contributed by atoms with van der Waals surface area (Å²) in [5, 5.41) is 4.49. The first-order valence-corrected chi connectivity index (χ1v) is 10.6. The van der Waals surface area contributed by atoms with Crippen molar-refractivity contribution >= 4 is 40.2 Å². The Kier molecular flexibility index (Phi) is 6.78. The molecule has 27 heavy (non-hydrogen) atoms. The topological polar surface area (TPSA) is 73.2 Å². The van der Waals surface area contributed by atoms with E-state index in [0.717, 1.165) is 25.9 Å². The molecule has 0 aliphatic carbocycles. The number of aromatic nitrogens is 2. The molecule has 1 saturated heterocycles. The Labute approximate surface area is 167 Å². The van der Waals surface area contributed by atoms with Gasteiger partial charge in [-0.2, -0.15) is 0 Å². The van der Waals surface area contributed by atoms with Gasteiger partial charge >= 0.3 is 0 Å². The van der Waals surface area contributed by atoms with Gasteiger partial charge in [-0.1, -0.05) is 30.3 Å². The molecule has 0 radical (unpaired) electrons. The molecule has 0 bridgehead atoms. The quantitative estimate of drug-likeness (QED) is 0.561. The van der Waals surface area contributed by atoms with E-state index in [2.05, 4.69) is 10.3 Å². The second-order valence-electron chi connectivity index (χ2n) is 6.77. The Bertz CT molecular complexity index is 880. The Hall–Kier alpha value is -1.57. The van der Waals surface area contributed by atoms with Gasteiger partial charge in [0.2, 0.25) is 5.91 Å². The number of ether oxygens (including phenoxy) is 1.